The Bertz CT molecular complexity index is 681. The fourth-order valence-corrected chi connectivity index (χ4v) is 2.18. The van der Waals surface area contributed by atoms with Crippen molar-refractivity contribution in [2.24, 2.45) is 0 Å². The molecular formula is C12H6F20O2. The average molecular weight is 562 g/mol. The van der Waals surface area contributed by atoms with E-state index in [0.717, 1.165) is 0 Å². The number of hydrogen-bond acceptors (Lipinski definition) is 2. The predicted molar refractivity (Wildman–Crippen MR) is 63.4 cm³/mol. The van der Waals surface area contributed by atoms with Crippen molar-refractivity contribution in [1.29, 1.82) is 0 Å². The van der Waals surface area contributed by atoms with E-state index in [0.29, 0.717) is 0 Å². The van der Waals surface area contributed by atoms with Crippen molar-refractivity contribution in [2.45, 2.75) is 65.8 Å². The second-order valence-corrected chi connectivity index (χ2v) is 6.33. The summed E-state index contributed by atoms with van der Waals surface area (Å²) in [5, 5.41) is 16.9. The first-order valence-electron chi connectivity index (χ1n) is 7.42. The SMILES string of the molecule is OCCC(O)(F)C(F)(C(F)(F)C(F)(F)C(F)(F)C(F)(F)F)C(F)(F)C(F)(F)C(F)(F)C(F)(F)F. The van der Waals surface area contributed by atoms with Crippen molar-refractivity contribution in [3.8, 4) is 0 Å². The zero-order valence-electron chi connectivity index (χ0n) is 14.9. The van der Waals surface area contributed by atoms with Gasteiger partial charge in [-0.3, -0.25) is 0 Å². The number of hydrogen-bond donors (Lipinski definition) is 2. The molecule has 206 valence electrons. The van der Waals surface area contributed by atoms with E-state index in [-0.39, 0.29) is 0 Å². The van der Waals surface area contributed by atoms with Crippen molar-refractivity contribution in [3.05, 3.63) is 0 Å². The zero-order valence-corrected chi connectivity index (χ0v) is 14.9. The highest BCUT2D eigenvalue weighted by Crippen LogP contribution is 2.67. The minimum atomic E-state index is -9.08. The van der Waals surface area contributed by atoms with Gasteiger partial charge in [0.1, 0.15) is 0 Å². The standard InChI is InChI=1S/C12H6F20O2/c13-3(34,1-2-33)4(14,5(15,16)7(19,20)9(23,24)11(27,28)29)6(17,18)8(21,22)10(25,26)12(30,31)32/h33-34H,1-2H2. The summed E-state index contributed by atoms with van der Waals surface area (Å²) >= 11 is 0. The van der Waals surface area contributed by atoms with Crippen LogP contribution in [0, 0.1) is 0 Å². The van der Waals surface area contributed by atoms with Crippen LogP contribution >= 0.6 is 0 Å². The molecule has 1 unspecified atom stereocenters. The highest BCUT2D eigenvalue weighted by Gasteiger charge is 2.99. The molecule has 2 nitrogen and oxygen atoms in total. The summed E-state index contributed by atoms with van der Waals surface area (Å²) in [5.41, 5.74) is -8.84. The lowest BCUT2D eigenvalue weighted by Crippen LogP contribution is -2.82. The molecule has 2 N–H and O–H groups in total. The molecule has 22 heteroatoms. The predicted octanol–water partition coefficient (Wildman–Crippen LogP) is 5.67. The molecule has 0 aliphatic rings. The number of alkyl halides is 20. The Labute approximate surface area is 172 Å². The largest absolute Gasteiger partial charge is 0.460 e. The smallest absolute Gasteiger partial charge is 0.396 e. The number of halogens is 20. The zero-order chi connectivity index (χ0) is 28.4. The van der Waals surface area contributed by atoms with Crippen molar-refractivity contribution in [2.75, 3.05) is 6.61 Å². The van der Waals surface area contributed by atoms with Gasteiger partial charge in [0, 0.05) is 13.0 Å². The normalized spacial score (nSPS) is 18.2. The number of aliphatic hydroxyl groups is 2. The molecule has 0 fully saturated rings. The molecule has 0 saturated heterocycles. The molecule has 1 atom stereocenters. The van der Waals surface area contributed by atoms with E-state index in [9.17, 15) is 87.8 Å². The molecule has 0 spiro atoms. The summed E-state index contributed by atoms with van der Waals surface area (Å²) in [6.45, 7) is -2.62. The van der Waals surface area contributed by atoms with E-state index in [2.05, 4.69) is 0 Å². The van der Waals surface area contributed by atoms with Crippen LogP contribution in [0.1, 0.15) is 6.42 Å². The summed E-state index contributed by atoms with van der Waals surface area (Å²) in [6.07, 6.45) is -19.4. The molecule has 0 aromatic heterocycles. The van der Waals surface area contributed by atoms with Crippen LogP contribution in [0.3, 0.4) is 0 Å². The van der Waals surface area contributed by atoms with Gasteiger partial charge in [0.15, 0.2) is 0 Å². The maximum Gasteiger partial charge on any atom is 0.460 e. The van der Waals surface area contributed by atoms with Crippen molar-refractivity contribution in [3.63, 3.8) is 0 Å². The van der Waals surface area contributed by atoms with Gasteiger partial charge in [0.25, 0.3) is 5.85 Å². The molecule has 0 saturated carbocycles. The fraction of sp³-hybridized carbons (Fsp3) is 1.00. The topological polar surface area (TPSA) is 40.5 Å². The maximum absolute atomic E-state index is 14.5. The first-order valence-corrected chi connectivity index (χ1v) is 7.42. The van der Waals surface area contributed by atoms with Gasteiger partial charge in [-0.1, -0.05) is 0 Å². The molecule has 0 heterocycles. The number of rotatable bonds is 9. The molecule has 0 aromatic rings. The van der Waals surface area contributed by atoms with Gasteiger partial charge < -0.3 is 10.2 Å². The second-order valence-electron chi connectivity index (χ2n) is 6.33. The van der Waals surface area contributed by atoms with Crippen LogP contribution in [0.5, 0.6) is 0 Å². The molecule has 0 aromatic carbocycles. The quantitative estimate of drug-likeness (QED) is 0.356. The Kier molecular flexibility index (Phi) is 7.67. The fourth-order valence-electron chi connectivity index (χ4n) is 2.18. The van der Waals surface area contributed by atoms with Crippen LogP contribution in [-0.2, 0) is 0 Å². The van der Waals surface area contributed by atoms with Crippen LogP contribution < -0.4 is 0 Å². The molecule has 0 radical (unpaired) electrons. The highest BCUT2D eigenvalue weighted by molar-refractivity contribution is 5.24. The molecule has 0 aliphatic heterocycles. The molecule has 34 heavy (non-hydrogen) atoms. The first kappa shape index (κ1) is 32.5. The van der Waals surface area contributed by atoms with Gasteiger partial charge in [-0.15, -0.1) is 0 Å². The monoisotopic (exact) mass is 562 g/mol. The van der Waals surface area contributed by atoms with E-state index in [1.165, 1.54) is 0 Å². The number of aliphatic hydroxyl groups excluding tert-OH is 1. The van der Waals surface area contributed by atoms with Crippen molar-refractivity contribution in [1.82, 2.24) is 0 Å². The lowest BCUT2D eigenvalue weighted by atomic mass is 9.74. The second kappa shape index (κ2) is 8.02. The van der Waals surface area contributed by atoms with Crippen molar-refractivity contribution < 1.29 is 98.0 Å². The summed E-state index contributed by atoms with van der Waals surface area (Å²) in [4.78, 5) is 0. The van der Waals surface area contributed by atoms with Gasteiger partial charge >= 0.3 is 53.6 Å². The molecule has 0 aliphatic carbocycles. The molecular weight excluding hydrogens is 556 g/mol. The van der Waals surface area contributed by atoms with Crippen LogP contribution in [0.2, 0.25) is 0 Å². The Balaban J connectivity index is 7.72. The minimum Gasteiger partial charge on any atom is -0.396 e. The average Bonchev–Trinajstić information content (AvgIpc) is 2.57. The summed E-state index contributed by atoms with van der Waals surface area (Å²) in [6, 6.07) is 0. The van der Waals surface area contributed by atoms with E-state index in [1.807, 2.05) is 0 Å². The Hall–Kier alpha value is -1.48. The Morgan fingerprint density at radius 1 is 0.382 bits per heavy atom. The van der Waals surface area contributed by atoms with Crippen LogP contribution in [-0.4, -0.2) is 76.2 Å². The molecule has 0 bridgehead atoms. The summed E-state index contributed by atoms with van der Waals surface area (Å²) < 4.78 is 262. The third kappa shape index (κ3) is 3.81. The summed E-state index contributed by atoms with van der Waals surface area (Å²) in [7, 11) is 0. The summed E-state index contributed by atoms with van der Waals surface area (Å²) in [5.74, 6) is -60.1. The highest BCUT2D eigenvalue weighted by atomic mass is 19.4. The van der Waals surface area contributed by atoms with Crippen LogP contribution in [0.4, 0.5) is 87.8 Å². The lowest BCUT2D eigenvalue weighted by Gasteiger charge is -2.49. The van der Waals surface area contributed by atoms with E-state index in [4.69, 9.17) is 10.2 Å². The van der Waals surface area contributed by atoms with E-state index in [1.54, 1.807) is 0 Å². The van der Waals surface area contributed by atoms with E-state index < -0.39 is 72.4 Å². The van der Waals surface area contributed by atoms with E-state index >= 15 is 0 Å². The first-order chi connectivity index (χ1) is 14.3. The Morgan fingerprint density at radius 3 is 0.794 bits per heavy atom. The minimum absolute atomic E-state index is 2.62. The van der Waals surface area contributed by atoms with Crippen molar-refractivity contribution >= 4 is 0 Å². The maximum atomic E-state index is 14.5. The van der Waals surface area contributed by atoms with Crippen LogP contribution in [0.15, 0.2) is 0 Å². The van der Waals surface area contributed by atoms with Gasteiger partial charge in [-0.2, -0.15) is 79.0 Å². The van der Waals surface area contributed by atoms with Gasteiger partial charge in [-0.25, -0.2) is 8.78 Å². The lowest BCUT2D eigenvalue weighted by molar-refractivity contribution is -0.480. The van der Waals surface area contributed by atoms with Gasteiger partial charge in [-0.05, 0) is 0 Å². The molecule has 0 amide bonds. The third-order valence-corrected chi connectivity index (χ3v) is 4.13. The van der Waals surface area contributed by atoms with Crippen LogP contribution in [0.25, 0.3) is 0 Å². The van der Waals surface area contributed by atoms with Gasteiger partial charge in [0.2, 0.25) is 0 Å². The Morgan fingerprint density at radius 2 is 0.618 bits per heavy atom. The third-order valence-electron chi connectivity index (χ3n) is 4.13. The van der Waals surface area contributed by atoms with Gasteiger partial charge in [0.05, 0.1) is 0 Å². The molecule has 0 rings (SSSR count).